The highest BCUT2D eigenvalue weighted by molar-refractivity contribution is 7.12. The van der Waals surface area contributed by atoms with E-state index in [0.29, 0.717) is 13.0 Å². The molecule has 2 heterocycles. The van der Waals surface area contributed by atoms with E-state index in [2.05, 4.69) is 0 Å². The molecule has 2 rings (SSSR count). The Hall–Kier alpha value is -0.870. The van der Waals surface area contributed by atoms with Gasteiger partial charge in [-0.2, -0.15) is 0 Å². The van der Waals surface area contributed by atoms with Crippen LogP contribution in [0, 0.1) is 12.8 Å². The van der Waals surface area contributed by atoms with Gasteiger partial charge in [-0.25, -0.2) is 0 Å². The molecule has 1 aliphatic heterocycles. The summed E-state index contributed by atoms with van der Waals surface area (Å²) in [6.07, 6.45) is 0.392. The van der Waals surface area contributed by atoms with Crippen molar-refractivity contribution in [2.75, 3.05) is 6.61 Å². The van der Waals surface area contributed by atoms with Gasteiger partial charge in [0.2, 0.25) is 0 Å². The monoisotopic (exact) mass is 212 g/mol. The number of carboxylic acid groups (broad SMARTS) is 1. The van der Waals surface area contributed by atoms with Gasteiger partial charge < -0.3 is 9.84 Å². The summed E-state index contributed by atoms with van der Waals surface area (Å²) in [4.78, 5) is 13.1. The van der Waals surface area contributed by atoms with Gasteiger partial charge in [-0.3, -0.25) is 4.79 Å². The third-order valence-electron chi connectivity index (χ3n) is 2.45. The van der Waals surface area contributed by atoms with E-state index in [0.717, 1.165) is 4.88 Å². The summed E-state index contributed by atoms with van der Waals surface area (Å²) in [5.74, 6) is -1.12. The molecule has 1 fully saturated rings. The van der Waals surface area contributed by atoms with Crippen molar-refractivity contribution in [3.63, 3.8) is 0 Å². The molecule has 3 nitrogen and oxygen atoms in total. The smallest absolute Gasteiger partial charge is 0.309 e. The highest BCUT2D eigenvalue weighted by Crippen LogP contribution is 2.37. The first kappa shape index (κ1) is 9.68. The zero-order chi connectivity index (χ0) is 10.1. The molecular weight excluding hydrogens is 200 g/mol. The van der Waals surface area contributed by atoms with Crippen LogP contribution in [-0.2, 0) is 9.53 Å². The Bertz CT molecular complexity index is 345. The second-order valence-corrected chi connectivity index (χ2v) is 4.79. The van der Waals surface area contributed by atoms with Gasteiger partial charge in [0, 0.05) is 16.4 Å². The highest BCUT2D eigenvalue weighted by atomic mass is 32.1. The van der Waals surface area contributed by atoms with Crippen molar-refractivity contribution in [1.82, 2.24) is 0 Å². The molecule has 0 amide bonds. The first-order chi connectivity index (χ1) is 6.68. The topological polar surface area (TPSA) is 46.5 Å². The summed E-state index contributed by atoms with van der Waals surface area (Å²) in [7, 11) is 0. The highest BCUT2D eigenvalue weighted by Gasteiger charge is 2.35. The van der Waals surface area contributed by atoms with Crippen molar-refractivity contribution in [3.05, 3.63) is 21.9 Å². The van der Waals surface area contributed by atoms with Crippen molar-refractivity contribution < 1.29 is 14.6 Å². The van der Waals surface area contributed by atoms with Crippen LogP contribution < -0.4 is 0 Å². The summed E-state index contributed by atoms with van der Waals surface area (Å²) in [6.45, 7) is 2.57. The van der Waals surface area contributed by atoms with Gasteiger partial charge in [0.1, 0.15) is 6.10 Å². The molecule has 1 aromatic rings. The molecule has 0 saturated carbocycles. The molecule has 2 unspecified atom stereocenters. The first-order valence-electron chi connectivity index (χ1n) is 4.59. The zero-order valence-corrected chi connectivity index (χ0v) is 8.71. The molecule has 0 aromatic carbocycles. The molecule has 1 N–H and O–H groups in total. The van der Waals surface area contributed by atoms with Gasteiger partial charge >= 0.3 is 5.97 Å². The van der Waals surface area contributed by atoms with E-state index in [9.17, 15) is 4.79 Å². The molecule has 0 radical (unpaired) electrons. The molecule has 14 heavy (non-hydrogen) atoms. The summed E-state index contributed by atoms with van der Waals surface area (Å²) >= 11 is 1.62. The fourth-order valence-corrected chi connectivity index (χ4v) is 2.72. The van der Waals surface area contributed by atoms with Crippen molar-refractivity contribution in [3.8, 4) is 0 Å². The van der Waals surface area contributed by atoms with Crippen molar-refractivity contribution in [2.24, 2.45) is 5.92 Å². The van der Waals surface area contributed by atoms with Crippen LogP contribution >= 0.6 is 11.3 Å². The Kier molecular flexibility index (Phi) is 2.56. The van der Waals surface area contributed by atoms with Crippen LogP contribution in [0.5, 0.6) is 0 Å². The standard InChI is InChI=1S/C10H12O3S/c1-6-2-3-8(14-6)9-7(10(11)12)4-5-13-9/h2-3,7,9H,4-5H2,1H3,(H,11,12). The minimum absolute atomic E-state index is 0.230. The van der Waals surface area contributed by atoms with E-state index in [1.54, 1.807) is 11.3 Å². The van der Waals surface area contributed by atoms with Crippen molar-refractivity contribution >= 4 is 17.3 Å². The molecule has 2 atom stereocenters. The van der Waals surface area contributed by atoms with E-state index in [1.165, 1.54) is 4.88 Å². The number of aryl methyl sites for hydroxylation is 1. The lowest BCUT2D eigenvalue weighted by molar-refractivity contribution is -0.143. The normalized spacial score (nSPS) is 26.6. The second kappa shape index (κ2) is 3.71. The molecule has 0 bridgehead atoms. The van der Waals surface area contributed by atoms with Gasteiger partial charge in [0.15, 0.2) is 0 Å². The van der Waals surface area contributed by atoms with Gasteiger partial charge in [-0.15, -0.1) is 11.3 Å². The summed E-state index contributed by atoms with van der Waals surface area (Å²) < 4.78 is 5.46. The van der Waals surface area contributed by atoms with Crippen LogP contribution in [0.4, 0.5) is 0 Å². The SMILES string of the molecule is Cc1ccc(C2OCCC2C(=O)O)s1. The number of ether oxygens (including phenoxy) is 1. The lowest BCUT2D eigenvalue weighted by atomic mass is 10.0. The quantitative estimate of drug-likeness (QED) is 0.817. The van der Waals surface area contributed by atoms with Crippen LogP contribution in [0.3, 0.4) is 0 Å². The van der Waals surface area contributed by atoms with E-state index < -0.39 is 5.97 Å². The Labute approximate surface area is 86.3 Å². The first-order valence-corrected chi connectivity index (χ1v) is 5.41. The Morgan fingerprint density at radius 2 is 2.43 bits per heavy atom. The Morgan fingerprint density at radius 3 is 3.00 bits per heavy atom. The molecule has 4 heteroatoms. The lowest BCUT2D eigenvalue weighted by Gasteiger charge is -2.12. The number of carbonyl (C=O) groups is 1. The van der Waals surface area contributed by atoms with Crippen LogP contribution in [0.25, 0.3) is 0 Å². The predicted octanol–water partition coefficient (Wildman–Crippen LogP) is 2.22. The Morgan fingerprint density at radius 1 is 1.64 bits per heavy atom. The fraction of sp³-hybridized carbons (Fsp3) is 0.500. The van der Waals surface area contributed by atoms with Crippen LogP contribution in [0.15, 0.2) is 12.1 Å². The van der Waals surface area contributed by atoms with E-state index >= 15 is 0 Å². The van der Waals surface area contributed by atoms with Gasteiger partial charge in [-0.1, -0.05) is 0 Å². The maximum absolute atomic E-state index is 10.9. The van der Waals surface area contributed by atoms with Crippen LogP contribution in [0.2, 0.25) is 0 Å². The molecular formula is C10H12O3S. The molecule has 0 aliphatic carbocycles. The predicted molar refractivity (Wildman–Crippen MR) is 53.5 cm³/mol. The Balaban J connectivity index is 2.21. The number of aliphatic carboxylic acids is 1. The van der Waals surface area contributed by atoms with Gasteiger partial charge in [0.05, 0.1) is 5.92 Å². The van der Waals surface area contributed by atoms with Crippen LogP contribution in [0.1, 0.15) is 22.3 Å². The molecule has 0 spiro atoms. The largest absolute Gasteiger partial charge is 0.481 e. The molecule has 76 valence electrons. The van der Waals surface area contributed by atoms with E-state index in [1.807, 2.05) is 19.1 Å². The van der Waals surface area contributed by atoms with Crippen LogP contribution in [-0.4, -0.2) is 17.7 Å². The summed E-state index contributed by atoms with van der Waals surface area (Å²) in [5.41, 5.74) is 0. The maximum Gasteiger partial charge on any atom is 0.309 e. The zero-order valence-electron chi connectivity index (χ0n) is 7.90. The number of hydrogen-bond acceptors (Lipinski definition) is 3. The number of carboxylic acids is 1. The molecule has 1 saturated heterocycles. The average Bonchev–Trinajstić information content (AvgIpc) is 2.70. The molecule has 1 aliphatic rings. The molecule has 1 aromatic heterocycles. The van der Waals surface area contributed by atoms with E-state index in [4.69, 9.17) is 9.84 Å². The second-order valence-electron chi connectivity index (χ2n) is 3.47. The summed E-state index contributed by atoms with van der Waals surface area (Å²) in [5, 5.41) is 8.98. The van der Waals surface area contributed by atoms with E-state index in [-0.39, 0.29) is 12.0 Å². The number of thiophene rings is 1. The van der Waals surface area contributed by atoms with Crippen molar-refractivity contribution in [1.29, 1.82) is 0 Å². The summed E-state index contributed by atoms with van der Waals surface area (Å²) in [6, 6.07) is 3.96. The number of rotatable bonds is 2. The van der Waals surface area contributed by atoms with Gasteiger partial charge in [-0.05, 0) is 25.5 Å². The van der Waals surface area contributed by atoms with Crippen molar-refractivity contribution in [2.45, 2.75) is 19.4 Å². The fourth-order valence-electron chi connectivity index (χ4n) is 1.73. The minimum atomic E-state index is -0.751. The minimum Gasteiger partial charge on any atom is -0.481 e. The lowest BCUT2D eigenvalue weighted by Crippen LogP contribution is -2.16. The third kappa shape index (κ3) is 1.67. The number of hydrogen-bond donors (Lipinski definition) is 1. The van der Waals surface area contributed by atoms with Gasteiger partial charge in [0.25, 0.3) is 0 Å². The maximum atomic E-state index is 10.9. The average molecular weight is 212 g/mol. The third-order valence-corrected chi connectivity index (χ3v) is 3.51.